The third-order valence-electron chi connectivity index (χ3n) is 3.48. The van der Waals surface area contributed by atoms with Gasteiger partial charge in [0.05, 0.1) is 13.2 Å². The summed E-state index contributed by atoms with van der Waals surface area (Å²) in [5.41, 5.74) is 3.53. The minimum Gasteiger partial charge on any atom is -0.372 e. The second-order valence-electron chi connectivity index (χ2n) is 5.19. The summed E-state index contributed by atoms with van der Waals surface area (Å²) in [5.74, 6) is 1.01. The molecule has 0 unspecified atom stereocenters. The van der Waals surface area contributed by atoms with Crippen molar-refractivity contribution in [1.82, 2.24) is 5.32 Å². The summed E-state index contributed by atoms with van der Waals surface area (Å²) < 4.78 is 5.79. The zero-order valence-corrected chi connectivity index (χ0v) is 12.1. The van der Waals surface area contributed by atoms with Crippen molar-refractivity contribution in [2.45, 2.75) is 19.6 Å². The Morgan fingerprint density at radius 2 is 1.76 bits per heavy atom. The lowest BCUT2D eigenvalue weighted by Gasteiger charge is -2.15. The Hall–Kier alpha value is -2.13. The number of benzene rings is 2. The predicted octanol–water partition coefficient (Wildman–Crippen LogP) is 3.14. The topological polar surface area (TPSA) is 33.6 Å². The fraction of sp³-hybridized carbons (Fsp3) is 0.278. The maximum absolute atomic E-state index is 5.79. The summed E-state index contributed by atoms with van der Waals surface area (Å²) in [7, 11) is 0. The number of nitrogens with zero attached hydrogens (tertiary/aromatic N) is 1. The molecule has 0 aromatic heterocycles. The molecule has 0 bridgehead atoms. The summed E-state index contributed by atoms with van der Waals surface area (Å²) in [6.45, 7) is 3.19. The van der Waals surface area contributed by atoms with Gasteiger partial charge in [0.25, 0.3) is 0 Å². The van der Waals surface area contributed by atoms with Crippen molar-refractivity contribution < 1.29 is 4.74 Å². The van der Waals surface area contributed by atoms with E-state index in [-0.39, 0.29) is 0 Å². The van der Waals surface area contributed by atoms with Gasteiger partial charge in [-0.05, 0) is 23.6 Å². The van der Waals surface area contributed by atoms with Gasteiger partial charge in [0.1, 0.15) is 5.84 Å². The van der Waals surface area contributed by atoms with Gasteiger partial charge in [0.15, 0.2) is 0 Å². The van der Waals surface area contributed by atoms with E-state index in [4.69, 9.17) is 4.74 Å². The maximum Gasteiger partial charge on any atom is 0.128 e. The van der Waals surface area contributed by atoms with E-state index in [1.807, 2.05) is 18.2 Å². The van der Waals surface area contributed by atoms with Gasteiger partial charge in [-0.25, -0.2) is 0 Å². The number of amidine groups is 1. The monoisotopic (exact) mass is 280 g/mol. The highest BCUT2D eigenvalue weighted by atomic mass is 16.5. The molecule has 0 radical (unpaired) electrons. The highest BCUT2D eigenvalue weighted by molar-refractivity contribution is 5.99. The van der Waals surface area contributed by atoms with E-state index in [0.29, 0.717) is 13.2 Å². The highest BCUT2D eigenvalue weighted by Crippen LogP contribution is 2.10. The molecular weight excluding hydrogens is 260 g/mol. The number of hydrogen-bond donors (Lipinski definition) is 1. The average molecular weight is 280 g/mol. The van der Waals surface area contributed by atoms with Crippen molar-refractivity contribution in [1.29, 1.82) is 0 Å². The van der Waals surface area contributed by atoms with E-state index in [0.717, 1.165) is 30.9 Å². The Morgan fingerprint density at radius 1 is 0.952 bits per heavy atom. The van der Waals surface area contributed by atoms with Crippen molar-refractivity contribution in [3.05, 3.63) is 71.3 Å². The van der Waals surface area contributed by atoms with Crippen molar-refractivity contribution in [2.24, 2.45) is 4.99 Å². The Morgan fingerprint density at radius 3 is 2.57 bits per heavy atom. The van der Waals surface area contributed by atoms with Crippen molar-refractivity contribution in [3.8, 4) is 0 Å². The lowest BCUT2D eigenvalue weighted by molar-refractivity contribution is 0.107. The maximum atomic E-state index is 5.79. The summed E-state index contributed by atoms with van der Waals surface area (Å²) in [5, 5.41) is 3.35. The largest absolute Gasteiger partial charge is 0.372 e. The van der Waals surface area contributed by atoms with Crippen LogP contribution in [0.5, 0.6) is 0 Å². The van der Waals surface area contributed by atoms with E-state index in [1.54, 1.807) is 0 Å². The number of nitrogens with one attached hydrogen (secondary N) is 1. The van der Waals surface area contributed by atoms with Crippen LogP contribution in [-0.2, 0) is 18.0 Å². The van der Waals surface area contributed by atoms with Crippen LogP contribution in [0.25, 0.3) is 0 Å². The Labute approximate surface area is 125 Å². The molecular formula is C18H20N2O. The third-order valence-corrected chi connectivity index (χ3v) is 3.48. The first kappa shape index (κ1) is 13.8. The number of aliphatic imine (C=N–C) groups is 1. The van der Waals surface area contributed by atoms with Crippen LogP contribution < -0.4 is 5.32 Å². The standard InChI is InChI=1S/C18H20N2O/c1-2-6-15(7-3-1)13-21-14-16-8-4-9-17(12-16)18-19-10-5-11-20-18/h1-4,6-9,12H,5,10-11,13-14H2,(H,19,20). The van der Waals surface area contributed by atoms with Crippen LogP contribution in [0.4, 0.5) is 0 Å². The summed E-state index contributed by atoms with van der Waals surface area (Å²) in [6, 6.07) is 18.7. The van der Waals surface area contributed by atoms with E-state index in [9.17, 15) is 0 Å². The Kier molecular flexibility index (Phi) is 4.64. The van der Waals surface area contributed by atoms with Gasteiger partial charge in [-0.2, -0.15) is 0 Å². The zero-order valence-electron chi connectivity index (χ0n) is 12.1. The van der Waals surface area contributed by atoms with Gasteiger partial charge in [-0.15, -0.1) is 0 Å². The molecule has 1 N–H and O–H groups in total. The minimum atomic E-state index is 0.621. The third kappa shape index (κ3) is 3.92. The van der Waals surface area contributed by atoms with Gasteiger partial charge in [0, 0.05) is 18.7 Å². The van der Waals surface area contributed by atoms with Crippen LogP contribution >= 0.6 is 0 Å². The van der Waals surface area contributed by atoms with Crippen LogP contribution in [0.15, 0.2) is 59.6 Å². The molecule has 1 aliphatic heterocycles. The van der Waals surface area contributed by atoms with Crippen molar-refractivity contribution in [3.63, 3.8) is 0 Å². The molecule has 3 nitrogen and oxygen atoms in total. The summed E-state index contributed by atoms with van der Waals surface area (Å²) >= 11 is 0. The highest BCUT2D eigenvalue weighted by Gasteiger charge is 2.07. The first-order valence-electron chi connectivity index (χ1n) is 7.41. The SMILES string of the molecule is c1ccc(COCc2cccc(C3=NCCCN3)c2)cc1. The molecule has 1 aliphatic rings. The van der Waals surface area contributed by atoms with Crippen molar-refractivity contribution >= 4 is 5.84 Å². The average Bonchev–Trinajstić information content (AvgIpc) is 2.57. The number of hydrogen-bond acceptors (Lipinski definition) is 3. The molecule has 0 amide bonds. The second kappa shape index (κ2) is 7.04. The van der Waals surface area contributed by atoms with Crippen LogP contribution in [0.1, 0.15) is 23.1 Å². The van der Waals surface area contributed by atoms with E-state index < -0.39 is 0 Å². The molecule has 2 aromatic rings. The smallest absolute Gasteiger partial charge is 0.128 e. The molecule has 0 atom stereocenters. The fourth-order valence-corrected chi connectivity index (χ4v) is 2.40. The van der Waals surface area contributed by atoms with Gasteiger partial charge in [-0.3, -0.25) is 4.99 Å². The molecule has 21 heavy (non-hydrogen) atoms. The molecule has 0 saturated heterocycles. The molecule has 0 saturated carbocycles. The molecule has 0 spiro atoms. The van der Waals surface area contributed by atoms with Crippen LogP contribution in [0, 0.1) is 0 Å². The van der Waals surface area contributed by atoms with Gasteiger partial charge in [0.2, 0.25) is 0 Å². The minimum absolute atomic E-state index is 0.621. The normalized spacial score (nSPS) is 14.4. The van der Waals surface area contributed by atoms with Crippen molar-refractivity contribution in [2.75, 3.05) is 13.1 Å². The Balaban J connectivity index is 1.60. The number of ether oxygens (including phenoxy) is 1. The van der Waals surface area contributed by atoms with Gasteiger partial charge >= 0.3 is 0 Å². The number of rotatable bonds is 5. The first-order valence-corrected chi connectivity index (χ1v) is 7.41. The quantitative estimate of drug-likeness (QED) is 0.913. The molecule has 108 valence electrons. The van der Waals surface area contributed by atoms with E-state index in [2.05, 4.69) is 46.7 Å². The van der Waals surface area contributed by atoms with Gasteiger partial charge < -0.3 is 10.1 Å². The lowest BCUT2D eigenvalue weighted by atomic mass is 10.1. The first-order chi connectivity index (χ1) is 10.4. The Bertz CT molecular complexity index is 608. The zero-order chi connectivity index (χ0) is 14.3. The van der Waals surface area contributed by atoms with E-state index in [1.165, 1.54) is 11.1 Å². The van der Waals surface area contributed by atoms with Crippen LogP contribution in [0.2, 0.25) is 0 Å². The fourth-order valence-electron chi connectivity index (χ4n) is 2.40. The molecule has 0 fully saturated rings. The van der Waals surface area contributed by atoms with Crippen LogP contribution in [-0.4, -0.2) is 18.9 Å². The lowest BCUT2D eigenvalue weighted by Crippen LogP contribution is -2.30. The molecule has 2 aromatic carbocycles. The van der Waals surface area contributed by atoms with Gasteiger partial charge in [-0.1, -0.05) is 48.5 Å². The predicted molar refractivity (Wildman–Crippen MR) is 85.4 cm³/mol. The molecule has 0 aliphatic carbocycles. The summed E-state index contributed by atoms with van der Waals surface area (Å²) in [4.78, 5) is 4.53. The molecule has 3 rings (SSSR count). The van der Waals surface area contributed by atoms with Crippen LogP contribution in [0.3, 0.4) is 0 Å². The molecule has 3 heteroatoms. The molecule has 1 heterocycles. The second-order valence-corrected chi connectivity index (χ2v) is 5.19. The van der Waals surface area contributed by atoms with E-state index >= 15 is 0 Å². The summed E-state index contributed by atoms with van der Waals surface area (Å²) in [6.07, 6.45) is 1.11.